The molecule has 0 radical (unpaired) electrons. The van der Waals surface area contributed by atoms with E-state index in [1.54, 1.807) is 27.7 Å². The van der Waals surface area contributed by atoms with Gasteiger partial charge in [0.15, 0.2) is 6.61 Å². The van der Waals surface area contributed by atoms with Crippen LogP contribution in [0.3, 0.4) is 0 Å². The molecule has 8 heteroatoms. The smallest absolute Gasteiger partial charge is 0.355 e. The molecule has 0 amide bonds. The monoisotopic (exact) mass is 307 g/mol. The minimum atomic E-state index is -0.572. The van der Waals surface area contributed by atoms with Crippen LogP contribution in [-0.4, -0.2) is 33.7 Å². The van der Waals surface area contributed by atoms with Crippen molar-refractivity contribution in [1.82, 2.24) is 15.2 Å². The SMILES string of the molecule is CCOC(=O)c1[nH]c(C)c(C(=O)OCc2nnc(C)o2)c1C. The number of rotatable bonds is 5. The van der Waals surface area contributed by atoms with Crippen molar-refractivity contribution in [2.45, 2.75) is 34.3 Å². The Kier molecular flexibility index (Phi) is 4.59. The highest BCUT2D eigenvalue weighted by Gasteiger charge is 2.24. The van der Waals surface area contributed by atoms with Gasteiger partial charge >= 0.3 is 11.9 Å². The molecular formula is C14H17N3O5. The van der Waals surface area contributed by atoms with Crippen LogP contribution >= 0.6 is 0 Å². The number of aromatic nitrogens is 3. The molecule has 0 spiro atoms. The van der Waals surface area contributed by atoms with Gasteiger partial charge in [-0.2, -0.15) is 0 Å². The lowest BCUT2D eigenvalue weighted by atomic mass is 10.1. The summed E-state index contributed by atoms with van der Waals surface area (Å²) in [7, 11) is 0. The summed E-state index contributed by atoms with van der Waals surface area (Å²) >= 11 is 0. The fraction of sp³-hybridized carbons (Fsp3) is 0.429. The molecule has 0 fully saturated rings. The van der Waals surface area contributed by atoms with Crippen LogP contribution in [0.1, 0.15) is 50.8 Å². The van der Waals surface area contributed by atoms with Crippen molar-refractivity contribution in [3.8, 4) is 0 Å². The lowest BCUT2D eigenvalue weighted by Crippen LogP contribution is -2.09. The predicted molar refractivity (Wildman–Crippen MR) is 74.4 cm³/mol. The summed E-state index contributed by atoms with van der Waals surface area (Å²) in [4.78, 5) is 26.8. The summed E-state index contributed by atoms with van der Waals surface area (Å²) in [6.07, 6.45) is 0. The standard InChI is InChI=1S/C14H17N3O5/c1-5-20-14(19)12-7(2)11(8(3)15-12)13(18)21-6-10-17-16-9(4)22-10/h15H,5-6H2,1-4H3. The first-order valence-corrected chi connectivity index (χ1v) is 6.76. The molecule has 0 saturated carbocycles. The van der Waals surface area contributed by atoms with Crippen LogP contribution in [0.4, 0.5) is 0 Å². The maximum atomic E-state index is 12.2. The molecule has 0 aliphatic carbocycles. The number of H-pyrrole nitrogens is 1. The van der Waals surface area contributed by atoms with E-state index in [9.17, 15) is 9.59 Å². The first kappa shape index (κ1) is 15.7. The van der Waals surface area contributed by atoms with Crippen LogP contribution in [0.5, 0.6) is 0 Å². The van der Waals surface area contributed by atoms with E-state index in [-0.39, 0.29) is 24.8 Å². The Balaban J connectivity index is 2.14. The number of carbonyl (C=O) groups excluding carboxylic acids is 2. The molecule has 0 aliphatic heterocycles. The zero-order valence-corrected chi connectivity index (χ0v) is 12.8. The number of nitrogens with zero attached hydrogens (tertiary/aromatic N) is 2. The van der Waals surface area contributed by atoms with Crippen molar-refractivity contribution in [2.75, 3.05) is 6.61 Å². The van der Waals surface area contributed by atoms with Gasteiger partial charge in [0.25, 0.3) is 5.89 Å². The predicted octanol–water partition coefficient (Wildman–Crippen LogP) is 1.86. The molecule has 2 aromatic rings. The number of aromatic amines is 1. The van der Waals surface area contributed by atoms with Gasteiger partial charge < -0.3 is 18.9 Å². The highest BCUT2D eigenvalue weighted by Crippen LogP contribution is 2.20. The molecule has 0 unspecified atom stereocenters. The van der Waals surface area contributed by atoms with Gasteiger partial charge in [-0.3, -0.25) is 0 Å². The van der Waals surface area contributed by atoms with Crippen molar-refractivity contribution in [3.63, 3.8) is 0 Å². The van der Waals surface area contributed by atoms with Gasteiger partial charge in [0.05, 0.1) is 12.2 Å². The largest absolute Gasteiger partial charge is 0.461 e. The van der Waals surface area contributed by atoms with E-state index in [1.165, 1.54) is 0 Å². The molecule has 0 aromatic carbocycles. The molecule has 0 aliphatic rings. The maximum absolute atomic E-state index is 12.2. The zero-order chi connectivity index (χ0) is 16.3. The van der Waals surface area contributed by atoms with Crippen molar-refractivity contribution in [2.24, 2.45) is 0 Å². The van der Waals surface area contributed by atoms with Gasteiger partial charge in [0.2, 0.25) is 5.89 Å². The topological polar surface area (TPSA) is 107 Å². The Morgan fingerprint density at radius 1 is 1.14 bits per heavy atom. The Morgan fingerprint density at radius 3 is 2.45 bits per heavy atom. The second-order valence-electron chi connectivity index (χ2n) is 4.64. The van der Waals surface area contributed by atoms with Gasteiger partial charge in [-0.25, -0.2) is 9.59 Å². The molecule has 1 N–H and O–H groups in total. The average Bonchev–Trinajstić information content (AvgIpc) is 3.00. The van der Waals surface area contributed by atoms with Gasteiger partial charge in [-0.05, 0) is 26.3 Å². The van der Waals surface area contributed by atoms with Crippen molar-refractivity contribution >= 4 is 11.9 Å². The van der Waals surface area contributed by atoms with Gasteiger partial charge in [0.1, 0.15) is 5.69 Å². The Hall–Kier alpha value is -2.64. The van der Waals surface area contributed by atoms with E-state index < -0.39 is 11.9 Å². The molecule has 2 heterocycles. The van der Waals surface area contributed by atoms with Crippen LogP contribution in [0.2, 0.25) is 0 Å². The summed E-state index contributed by atoms with van der Waals surface area (Å²) in [5.41, 5.74) is 1.58. The average molecular weight is 307 g/mol. The van der Waals surface area contributed by atoms with Crippen molar-refractivity contribution < 1.29 is 23.5 Å². The fourth-order valence-electron chi connectivity index (χ4n) is 2.06. The van der Waals surface area contributed by atoms with Gasteiger partial charge in [-0.1, -0.05) is 0 Å². The van der Waals surface area contributed by atoms with E-state index >= 15 is 0 Å². The molecule has 22 heavy (non-hydrogen) atoms. The Morgan fingerprint density at radius 2 is 1.86 bits per heavy atom. The van der Waals surface area contributed by atoms with E-state index in [2.05, 4.69) is 15.2 Å². The molecule has 0 bridgehead atoms. The minimum Gasteiger partial charge on any atom is -0.461 e. The van der Waals surface area contributed by atoms with Crippen LogP contribution in [0, 0.1) is 20.8 Å². The van der Waals surface area contributed by atoms with Crippen molar-refractivity contribution in [3.05, 3.63) is 34.3 Å². The number of esters is 2. The number of hydrogen-bond acceptors (Lipinski definition) is 7. The van der Waals surface area contributed by atoms with Crippen LogP contribution in [0.15, 0.2) is 4.42 Å². The maximum Gasteiger partial charge on any atom is 0.355 e. The summed E-state index contributed by atoms with van der Waals surface area (Å²) in [6.45, 7) is 6.83. The molecule has 2 rings (SSSR count). The second kappa shape index (κ2) is 6.42. The molecular weight excluding hydrogens is 290 g/mol. The van der Waals surface area contributed by atoms with E-state index in [1.807, 2.05) is 0 Å². The summed E-state index contributed by atoms with van der Waals surface area (Å²) < 4.78 is 15.2. The lowest BCUT2D eigenvalue weighted by molar-refractivity contribution is 0.0435. The fourth-order valence-corrected chi connectivity index (χ4v) is 2.06. The number of carbonyl (C=O) groups is 2. The highest BCUT2D eigenvalue weighted by atomic mass is 16.5. The van der Waals surface area contributed by atoms with Gasteiger partial charge in [0, 0.05) is 12.6 Å². The molecule has 2 aromatic heterocycles. The van der Waals surface area contributed by atoms with E-state index in [0.717, 1.165) is 0 Å². The molecule has 118 valence electrons. The minimum absolute atomic E-state index is 0.127. The second-order valence-corrected chi connectivity index (χ2v) is 4.64. The third-order valence-electron chi connectivity index (χ3n) is 3.02. The quantitative estimate of drug-likeness (QED) is 0.840. The summed E-state index contributed by atoms with van der Waals surface area (Å²) in [5.74, 6) is -0.473. The normalized spacial score (nSPS) is 10.5. The highest BCUT2D eigenvalue weighted by molar-refractivity contribution is 5.98. The van der Waals surface area contributed by atoms with Crippen LogP contribution < -0.4 is 0 Å². The summed E-state index contributed by atoms with van der Waals surface area (Å²) in [5, 5.41) is 7.38. The zero-order valence-electron chi connectivity index (χ0n) is 12.8. The number of aryl methyl sites for hydroxylation is 2. The number of hydrogen-bond donors (Lipinski definition) is 1. The van der Waals surface area contributed by atoms with Crippen LogP contribution in [-0.2, 0) is 16.1 Å². The number of ether oxygens (including phenoxy) is 2. The van der Waals surface area contributed by atoms with Crippen LogP contribution in [0.25, 0.3) is 0 Å². The first-order valence-electron chi connectivity index (χ1n) is 6.76. The number of nitrogens with one attached hydrogen (secondary N) is 1. The van der Waals surface area contributed by atoms with Gasteiger partial charge in [-0.15, -0.1) is 10.2 Å². The van der Waals surface area contributed by atoms with E-state index in [4.69, 9.17) is 13.9 Å². The Labute approximate surface area is 126 Å². The van der Waals surface area contributed by atoms with E-state index in [0.29, 0.717) is 22.7 Å². The summed E-state index contributed by atoms with van der Waals surface area (Å²) in [6, 6.07) is 0. The molecule has 0 saturated heterocycles. The molecule has 0 atom stereocenters. The Bertz CT molecular complexity index is 701. The van der Waals surface area contributed by atoms with Crippen molar-refractivity contribution in [1.29, 1.82) is 0 Å². The third-order valence-corrected chi connectivity index (χ3v) is 3.02. The first-order chi connectivity index (χ1) is 10.4. The lowest BCUT2D eigenvalue weighted by Gasteiger charge is -2.03. The third kappa shape index (κ3) is 3.16. The molecule has 8 nitrogen and oxygen atoms in total.